The summed E-state index contributed by atoms with van der Waals surface area (Å²) in [6, 6.07) is 5.90. The van der Waals surface area contributed by atoms with Crippen LogP contribution >= 0.6 is 0 Å². The molecule has 0 radical (unpaired) electrons. The van der Waals surface area contributed by atoms with Crippen molar-refractivity contribution in [3.05, 3.63) is 34.3 Å². The van der Waals surface area contributed by atoms with Crippen LogP contribution in [0.2, 0.25) is 0 Å². The molecule has 1 aromatic carbocycles. The van der Waals surface area contributed by atoms with Crippen LogP contribution in [-0.4, -0.2) is 53.8 Å². The Hall–Kier alpha value is -2.12. The van der Waals surface area contributed by atoms with E-state index < -0.39 is 5.76 Å². The smallest absolute Gasteiger partial charge is 0.408 e. The van der Waals surface area contributed by atoms with Gasteiger partial charge in [-0.15, -0.1) is 0 Å². The maximum absolute atomic E-state index is 12.4. The van der Waals surface area contributed by atoms with Crippen molar-refractivity contribution >= 4 is 17.0 Å². The molecule has 3 heterocycles. The molecule has 7 nitrogen and oxygen atoms in total. The van der Waals surface area contributed by atoms with E-state index >= 15 is 0 Å². The highest BCUT2D eigenvalue weighted by atomic mass is 16.5. The van der Waals surface area contributed by atoms with Crippen LogP contribution in [0.4, 0.5) is 0 Å². The Morgan fingerprint density at radius 1 is 1.27 bits per heavy atom. The van der Waals surface area contributed by atoms with Gasteiger partial charge in [-0.1, -0.05) is 6.07 Å². The second-order valence-electron chi connectivity index (χ2n) is 7.26. The number of carbonyl (C=O) groups excluding carboxylic acids is 1. The van der Waals surface area contributed by atoms with Crippen LogP contribution in [0.5, 0.6) is 0 Å². The number of benzene rings is 1. The minimum absolute atomic E-state index is 0.0284. The molecule has 26 heavy (non-hydrogen) atoms. The summed E-state index contributed by atoms with van der Waals surface area (Å²) < 4.78 is 12.4. The van der Waals surface area contributed by atoms with Gasteiger partial charge in [0.15, 0.2) is 5.58 Å². The van der Waals surface area contributed by atoms with E-state index in [9.17, 15) is 9.59 Å². The van der Waals surface area contributed by atoms with E-state index in [0.29, 0.717) is 25.3 Å². The topological polar surface area (TPSA) is 76.7 Å². The number of aryl methyl sites for hydroxylation is 2. The standard InChI is InChI=1S/C19H25N3O4/c1-13-4-5-17-15(10-13)22(19(24)26-17)9-6-18(23)20-14-11-25-12-16(14)21-7-2-3-8-21/h4-5,10,14,16H,2-3,6-9,11-12H2,1H3,(H,20,23)/t14-,16-/m0/s1. The molecule has 1 aromatic heterocycles. The van der Waals surface area contributed by atoms with Crippen LogP contribution in [0.25, 0.3) is 11.1 Å². The van der Waals surface area contributed by atoms with E-state index in [-0.39, 0.29) is 24.4 Å². The maximum Gasteiger partial charge on any atom is 0.419 e. The fourth-order valence-corrected chi connectivity index (χ4v) is 3.99. The summed E-state index contributed by atoms with van der Waals surface area (Å²) in [6.45, 7) is 5.67. The second kappa shape index (κ2) is 7.25. The number of nitrogens with one attached hydrogen (secondary N) is 1. The summed E-state index contributed by atoms with van der Waals surface area (Å²) in [5.74, 6) is -0.476. The van der Waals surface area contributed by atoms with Gasteiger partial charge in [-0.2, -0.15) is 0 Å². The minimum atomic E-state index is -0.419. The summed E-state index contributed by atoms with van der Waals surface area (Å²) >= 11 is 0. The predicted octanol–water partition coefficient (Wildman–Crippen LogP) is 1.27. The fourth-order valence-electron chi connectivity index (χ4n) is 3.99. The van der Waals surface area contributed by atoms with E-state index in [1.165, 1.54) is 17.4 Å². The molecule has 4 rings (SSSR count). The normalized spacial score (nSPS) is 23.7. The van der Waals surface area contributed by atoms with Crippen LogP contribution < -0.4 is 11.1 Å². The average Bonchev–Trinajstić information content (AvgIpc) is 3.32. The minimum Gasteiger partial charge on any atom is -0.408 e. The fraction of sp³-hybridized carbons (Fsp3) is 0.579. The number of hydrogen-bond donors (Lipinski definition) is 1. The predicted molar refractivity (Wildman–Crippen MR) is 97.2 cm³/mol. The molecule has 0 bridgehead atoms. The van der Waals surface area contributed by atoms with Crippen molar-refractivity contribution in [3.63, 3.8) is 0 Å². The molecular weight excluding hydrogens is 334 g/mol. The quantitative estimate of drug-likeness (QED) is 0.870. The Morgan fingerprint density at radius 3 is 2.88 bits per heavy atom. The van der Waals surface area contributed by atoms with Gasteiger partial charge in [0.05, 0.1) is 30.8 Å². The molecule has 2 aromatic rings. The molecule has 2 saturated heterocycles. The summed E-state index contributed by atoms with van der Waals surface area (Å²) in [7, 11) is 0. The van der Waals surface area contributed by atoms with Gasteiger partial charge in [0.2, 0.25) is 5.91 Å². The lowest BCUT2D eigenvalue weighted by atomic mass is 10.1. The van der Waals surface area contributed by atoms with Crippen LogP contribution in [0.1, 0.15) is 24.8 Å². The van der Waals surface area contributed by atoms with Crippen molar-refractivity contribution < 1.29 is 13.9 Å². The van der Waals surface area contributed by atoms with Gasteiger partial charge in [-0.3, -0.25) is 14.3 Å². The van der Waals surface area contributed by atoms with Crippen molar-refractivity contribution in [2.45, 2.75) is 44.8 Å². The lowest BCUT2D eigenvalue weighted by Gasteiger charge is -2.27. The molecule has 1 amide bonds. The zero-order valence-corrected chi connectivity index (χ0v) is 15.1. The van der Waals surface area contributed by atoms with E-state index in [1.807, 2.05) is 19.1 Å². The number of rotatable bonds is 5. The van der Waals surface area contributed by atoms with Crippen molar-refractivity contribution in [1.82, 2.24) is 14.8 Å². The molecule has 140 valence electrons. The molecule has 2 atom stereocenters. The highest BCUT2D eigenvalue weighted by Gasteiger charge is 2.35. The number of nitrogens with zero attached hydrogens (tertiary/aromatic N) is 2. The molecule has 2 aliphatic rings. The van der Waals surface area contributed by atoms with E-state index in [1.54, 1.807) is 6.07 Å². The molecule has 0 aliphatic carbocycles. The third-order valence-corrected chi connectivity index (χ3v) is 5.39. The van der Waals surface area contributed by atoms with Crippen LogP contribution in [0, 0.1) is 6.92 Å². The Morgan fingerprint density at radius 2 is 2.08 bits per heavy atom. The zero-order chi connectivity index (χ0) is 18.1. The Labute approximate surface area is 151 Å². The number of hydrogen-bond acceptors (Lipinski definition) is 5. The molecule has 7 heteroatoms. The third kappa shape index (κ3) is 3.41. The van der Waals surface area contributed by atoms with Gasteiger partial charge >= 0.3 is 5.76 Å². The van der Waals surface area contributed by atoms with Gasteiger partial charge in [0.25, 0.3) is 0 Å². The van der Waals surface area contributed by atoms with Gasteiger partial charge < -0.3 is 14.5 Å². The average molecular weight is 359 g/mol. The first kappa shape index (κ1) is 17.3. The highest BCUT2D eigenvalue weighted by Crippen LogP contribution is 2.19. The summed E-state index contributed by atoms with van der Waals surface area (Å²) in [4.78, 5) is 26.9. The van der Waals surface area contributed by atoms with Crippen molar-refractivity contribution in [2.75, 3.05) is 26.3 Å². The van der Waals surface area contributed by atoms with Gasteiger partial charge in [-0.05, 0) is 50.6 Å². The van der Waals surface area contributed by atoms with E-state index in [4.69, 9.17) is 9.15 Å². The third-order valence-electron chi connectivity index (χ3n) is 5.39. The van der Waals surface area contributed by atoms with Gasteiger partial charge in [0.1, 0.15) is 0 Å². The number of carbonyl (C=O) groups is 1. The first-order valence-electron chi connectivity index (χ1n) is 9.33. The first-order chi connectivity index (χ1) is 12.6. The van der Waals surface area contributed by atoms with E-state index in [2.05, 4.69) is 10.2 Å². The lowest BCUT2D eigenvalue weighted by molar-refractivity contribution is -0.122. The monoisotopic (exact) mass is 359 g/mol. The maximum atomic E-state index is 12.4. The molecule has 0 unspecified atom stereocenters. The Bertz CT molecular complexity index is 850. The zero-order valence-electron chi connectivity index (χ0n) is 15.1. The number of aromatic nitrogens is 1. The summed E-state index contributed by atoms with van der Waals surface area (Å²) in [5.41, 5.74) is 2.34. The SMILES string of the molecule is Cc1ccc2oc(=O)n(CCC(=O)N[C@H]3COC[C@@H]3N3CCCC3)c2c1. The largest absolute Gasteiger partial charge is 0.419 e. The molecule has 0 spiro atoms. The highest BCUT2D eigenvalue weighted by molar-refractivity contribution is 5.77. The summed E-state index contributed by atoms with van der Waals surface area (Å²) in [6.07, 6.45) is 2.67. The lowest BCUT2D eigenvalue weighted by Crippen LogP contribution is -2.50. The van der Waals surface area contributed by atoms with Crippen molar-refractivity contribution in [3.8, 4) is 0 Å². The number of ether oxygens (including phenoxy) is 1. The number of fused-ring (bicyclic) bond motifs is 1. The van der Waals surface area contributed by atoms with Gasteiger partial charge in [0, 0.05) is 13.0 Å². The summed E-state index contributed by atoms with van der Waals surface area (Å²) in [5, 5.41) is 3.10. The number of likely N-dealkylation sites (tertiary alicyclic amines) is 1. The molecule has 0 saturated carbocycles. The van der Waals surface area contributed by atoms with Crippen LogP contribution in [-0.2, 0) is 16.1 Å². The van der Waals surface area contributed by atoms with Crippen molar-refractivity contribution in [1.29, 1.82) is 0 Å². The molecule has 2 aliphatic heterocycles. The molecule has 1 N–H and O–H groups in total. The molecule has 2 fully saturated rings. The molecular formula is C19H25N3O4. The Kier molecular flexibility index (Phi) is 4.82. The Balaban J connectivity index is 1.39. The number of amides is 1. The van der Waals surface area contributed by atoms with Crippen LogP contribution in [0.3, 0.4) is 0 Å². The van der Waals surface area contributed by atoms with Crippen LogP contribution in [0.15, 0.2) is 27.4 Å². The second-order valence-corrected chi connectivity index (χ2v) is 7.26. The van der Waals surface area contributed by atoms with Gasteiger partial charge in [-0.25, -0.2) is 4.79 Å². The van der Waals surface area contributed by atoms with E-state index in [0.717, 1.165) is 24.2 Å². The number of oxazole rings is 1. The first-order valence-corrected chi connectivity index (χ1v) is 9.33. The van der Waals surface area contributed by atoms with Crippen molar-refractivity contribution in [2.24, 2.45) is 0 Å².